The SMILES string of the molecule is CCCn1nc(C)cc(-c2nnc(N)s2)c1=O. The van der Waals surface area contributed by atoms with Gasteiger partial charge in [-0.15, -0.1) is 10.2 Å². The first-order chi connectivity index (χ1) is 8.11. The van der Waals surface area contributed by atoms with Crippen molar-refractivity contribution in [3.63, 3.8) is 0 Å². The summed E-state index contributed by atoms with van der Waals surface area (Å²) in [5.74, 6) is 0. The van der Waals surface area contributed by atoms with Crippen molar-refractivity contribution < 1.29 is 0 Å². The van der Waals surface area contributed by atoms with Crippen molar-refractivity contribution in [3.8, 4) is 10.6 Å². The molecule has 0 aliphatic rings. The number of rotatable bonds is 3. The van der Waals surface area contributed by atoms with Crippen LogP contribution < -0.4 is 11.3 Å². The summed E-state index contributed by atoms with van der Waals surface area (Å²) < 4.78 is 1.46. The van der Waals surface area contributed by atoms with Gasteiger partial charge in [0.15, 0.2) is 5.01 Å². The number of nitrogens with zero attached hydrogens (tertiary/aromatic N) is 4. The van der Waals surface area contributed by atoms with Crippen LogP contribution in [0.5, 0.6) is 0 Å². The van der Waals surface area contributed by atoms with E-state index in [-0.39, 0.29) is 5.56 Å². The number of nitrogens with two attached hydrogens (primary N) is 1. The van der Waals surface area contributed by atoms with E-state index in [2.05, 4.69) is 15.3 Å². The number of anilines is 1. The third kappa shape index (κ3) is 2.33. The standard InChI is InChI=1S/C10H13N5OS/c1-3-4-15-9(16)7(5-6(2)14-15)8-12-13-10(11)17-8/h5H,3-4H2,1-2H3,(H2,11,13). The molecule has 17 heavy (non-hydrogen) atoms. The largest absolute Gasteiger partial charge is 0.374 e. The van der Waals surface area contributed by atoms with Gasteiger partial charge in [-0.25, -0.2) is 4.68 Å². The second-order valence-electron chi connectivity index (χ2n) is 3.67. The highest BCUT2D eigenvalue weighted by molar-refractivity contribution is 7.18. The third-order valence-corrected chi connectivity index (χ3v) is 2.99. The number of nitrogen functional groups attached to an aromatic ring is 1. The Bertz CT molecular complexity index is 589. The van der Waals surface area contributed by atoms with Crippen LogP contribution in [-0.2, 0) is 6.54 Å². The Labute approximate surface area is 102 Å². The molecule has 0 aliphatic heterocycles. The van der Waals surface area contributed by atoms with Crippen LogP contribution in [-0.4, -0.2) is 20.0 Å². The molecule has 0 atom stereocenters. The molecule has 2 aromatic heterocycles. The maximum atomic E-state index is 12.1. The van der Waals surface area contributed by atoms with Crippen molar-refractivity contribution in [2.75, 3.05) is 5.73 Å². The van der Waals surface area contributed by atoms with Crippen LogP contribution in [0.2, 0.25) is 0 Å². The summed E-state index contributed by atoms with van der Waals surface area (Å²) in [4.78, 5) is 12.1. The van der Waals surface area contributed by atoms with Gasteiger partial charge in [0.25, 0.3) is 5.56 Å². The zero-order valence-corrected chi connectivity index (χ0v) is 10.5. The van der Waals surface area contributed by atoms with E-state index in [1.807, 2.05) is 13.8 Å². The molecule has 2 heterocycles. The number of hydrogen-bond donors (Lipinski definition) is 1. The van der Waals surface area contributed by atoms with Gasteiger partial charge in [0.05, 0.1) is 11.3 Å². The summed E-state index contributed by atoms with van der Waals surface area (Å²) >= 11 is 1.20. The van der Waals surface area contributed by atoms with Crippen molar-refractivity contribution in [3.05, 3.63) is 22.1 Å². The van der Waals surface area contributed by atoms with Crippen molar-refractivity contribution in [1.82, 2.24) is 20.0 Å². The molecule has 2 N–H and O–H groups in total. The van der Waals surface area contributed by atoms with E-state index >= 15 is 0 Å². The van der Waals surface area contributed by atoms with Crippen LogP contribution in [0.3, 0.4) is 0 Å². The van der Waals surface area contributed by atoms with Gasteiger partial charge in [-0.2, -0.15) is 5.10 Å². The Balaban J connectivity index is 2.58. The molecular weight excluding hydrogens is 238 g/mol. The first kappa shape index (κ1) is 11.7. The summed E-state index contributed by atoms with van der Waals surface area (Å²) in [6.45, 7) is 4.44. The molecule has 0 fully saturated rings. The average Bonchev–Trinajstić information content (AvgIpc) is 2.70. The number of aryl methyl sites for hydroxylation is 2. The molecule has 0 saturated carbocycles. The fourth-order valence-corrected chi connectivity index (χ4v) is 2.15. The highest BCUT2D eigenvalue weighted by atomic mass is 32.1. The summed E-state index contributed by atoms with van der Waals surface area (Å²) in [6.07, 6.45) is 0.855. The molecule has 6 nitrogen and oxygen atoms in total. The maximum Gasteiger partial charge on any atom is 0.277 e. The van der Waals surface area contributed by atoms with Crippen molar-refractivity contribution in [2.45, 2.75) is 26.8 Å². The van der Waals surface area contributed by atoms with Crippen LogP contribution in [0.25, 0.3) is 10.6 Å². The molecule has 0 unspecified atom stereocenters. The molecule has 0 saturated heterocycles. The Kier molecular flexibility index (Phi) is 3.19. The Hall–Kier alpha value is -1.76. The number of aromatic nitrogens is 4. The molecular formula is C10H13N5OS. The summed E-state index contributed by atoms with van der Waals surface area (Å²) in [5, 5.41) is 12.7. The minimum Gasteiger partial charge on any atom is -0.374 e. The second kappa shape index (κ2) is 4.62. The van der Waals surface area contributed by atoms with Gasteiger partial charge in [0.1, 0.15) is 0 Å². The molecule has 90 valence electrons. The first-order valence-electron chi connectivity index (χ1n) is 5.30. The Morgan fingerprint density at radius 1 is 1.47 bits per heavy atom. The summed E-state index contributed by atoms with van der Waals surface area (Å²) in [6, 6.07) is 1.72. The number of hydrogen-bond acceptors (Lipinski definition) is 6. The molecule has 0 spiro atoms. The molecule has 0 radical (unpaired) electrons. The summed E-state index contributed by atoms with van der Waals surface area (Å²) in [7, 11) is 0. The molecule has 0 aromatic carbocycles. The second-order valence-corrected chi connectivity index (χ2v) is 4.68. The van der Waals surface area contributed by atoms with Gasteiger partial charge >= 0.3 is 0 Å². The van der Waals surface area contributed by atoms with E-state index in [4.69, 9.17) is 5.73 Å². The highest BCUT2D eigenvalue weighted by Crippen LogP contribution is 2.21. The van der Waals surface area contributed by atoms with Crippen LogP contribution >= 0.6 is 11.3 Å². The van der Waals surface area contributed by atoms with Gasteiger partial charge in [-0.3, -0.25) is 4.79 Å². The van der Waals surface area contributed by atoms with Crippen molar-refractivity contribution in [2.24, 2.45) is 0 Å². The van der Waals surface area contributed by atoms with Gasteiger partial charge in [0.2, 0.25) is 5.13 Å². The first-order valence-corrected chi connectivity index (χ1v) is 6.11. The van der Waals surface area contributed by atoms with Crippen LogP contribution in [0.4, 0.5) is 5.13 Å². The smallest absolute Gasteiger partial charge is 0.277 e. The van der Waals surface area contributed by atoms with Gasteiger partial charge in [-0.05, 0) is 19.4 Å². The van der Waals surface area contributed by atoms with Gasteiger partial charge in [-0.1, -0.05) is 18.3 Å². The predicted octanol–water partition coefficient (Wildman–Crippen LogP) is 1.06. The van der Waals surface area contributed by atoms with E-state index < -0.39 is 0 Å². The van der Waals surface area contributed by atoms with E-state index in [0.29, 0.717) is 22.2 Å². The molecule has 0 bridgehead atoms. The minimum atomic E-state index is -0.145. The van der Waals surface area contributed by atoms with Crippen LogP contribution in [0.1, 0.15) is 19.0 Å². The fraction of sp³-hybridized carbons (Fsp3) is 0.400. The van der Waals surface area contributed by atoms with E-state index in [1.54, 1.807) is 6.07 Å². The van der Waals surface area contributed by atoms with E-state index in [9.17, 15) is 4.79 Å². The molecule has 0 aliphatic carbocycles. The lowest BCUT2D eigenvalue weighted by atomic mass is 10.2. The molecule has 7 heteroatoms. The lowest BCUT2D eigenvalue weighted by Crippen LogP contribution is -2.25. The lowest BCUT2D eigenvalue weighted by Gasteiger charge is -2.05. The van der Waals surface area contributed by atoms with Gasteiger partial charge in [0, 0.05) is 6.54 Å². The van der Waals surface area contributed by atoms with Gasteiger partial charge < -0.3 is 5.73 Å². The molecule has 0 amide bonds. The zero-order valence-electron chi connectivity index (χ0n) is 9.67. The minimum absolute atomic E-state index is 0.145. The molecule has 2 rings (SSSR count). The topological polar surface area (TPSA) is 86.7 Å². The Morgan fingerprint density at radius 3 is 2.82 bits per heavy atom. The fourth-order valence-electron chi connectivity index (χ4n) is 1.53. The quantitative estimate of drug-likeness (QED) is 0.881. The highest BCUT2D eigenvalue weighted by Gasteiger charge is 2.12. The van der Waals surface area contributed by atoms with E-state index in [1.165, 1.54) is 16.0 Å². The zero-order chi connectivity index (χ0) is 12.4. The normalized spacial score (nSPS) is 10.7. The lowest BCUT2D eigenvalue weighted by molar-refractivity contribution is 0.562. The summed E-state index contributed by atoms with van der Waals surface area (Å²) in [5.41, 5.74) is 6.67. The third-order valence-electron chi connectivity index (χ3n) is 2.20. The van der Waals surface area contributed by atoms with Crippen LogP contribution in [0, 0.1) is 6.92 Å². The Morgan fingerprint density at radius 2 is 2.24 bits per heavy atom. The van der Waals surface area contributed by atoms with Crippen molar-refractivity contribution >= 4 is 16.5 Å². The van der Waals surface area contributed by atoms with E-state index in [0.717, 1.165) is 12.1 Å². The predicted molar refractivity (Wildman–Crippen MR) is 66.8 cm³/mol. The van der Waals surface area contributed by atoms with Crippen molar-refractivity contribution in [1.29, 1.82) is 0 Å². The molecule has 2 aromatic rings. The monoisotopic (exact) mass is 251 g/mol. The van der Waals surface area contributed by atoms with Crippen LogP contribution in [0.15, 0.2) is 10.9 Å². The maximum absolute atomic E-state index is 12.1. The average molecular weight is 251 g/mol.